The first-order valence-electron chi connectivity index (χ1n) is 7.57. The summed E-state index contributed by atoms with van der Waals surface area (Å²) in [6.45, 7) is 4.59. The molecule has 1 N–H and O–H groups in total. The van der Waals surface area contributed by atoms with E-state index >= 15 is 0 Å². The Kier molecular flexibility index (Phi) is 5.94. The van der Waals surface area contributed by atoms with E-state index in [2.05, 4.69) is 0 Å². The number of carbonyl (C=O) groups is 1. The monoisotopic (exact) mass is 308 g/mol. The van der Waals surface area contributed by atoms with Crippen LogP contribution in [0.5, 0.6) is 0 Å². The summed E-state index contributed by atoms with van der Waals surface area (Å²) in [6.07, 6.45) is -0.798. The fourth-order valence-electron chi connectivity index (χ4n) is 3.08. The third-order valence-corrected chi connectivity index (χ3v) is 4.37. The normalized spacial score (nSPS) is 31.9. The van der Waals surface area contributed by atoms with Gasteiger partial charge in [0, 0.05) is 13.0 Å². The average molecular weight is 308 g/mol. The first kappa shape index (κ1) is 16.9. The fraction of sp³-hybridized carbons (Fsp3) is 0.588. The van der Waals surface area contributed by atoms with E-state index in [-0.39, 0.29) is 17.9 Å². The molecule has 5 nitrogen and oxygen atoms in total. The van der Waals surface area contributed by atoms with Gasteiger partial charge in [0.05, 0.1) is 25.2 Å². The Hall–Kier alpha value is -1.43. The Bertz CT molecular complexity index is 475. The number of carboxylic acids is 1. The van der Waals surface area contributed by atoms with Crippen molar-refractivity contribution in [1.82, 2.24) is 0 Å². The van der Waals surface area contributed by atoms with Crippen molar-refractivity contribution in [3.05, 3.63) is 35.9 Å². The predicted octanol–water partition coefficient (Wildman–Crippen LogP) is 2.55. The van der Waals surface area contributed by atoms with Crippen LogP contribution in [0.3, 0.4) is 0 Å². The van der Waals surface area contributed by atoms with Crippen molar-refractivity contribution in [2.75, 3.05) is 13.7 Å². The summed E-state index contributed by atoms with van der Waals surface area (Å²) in [6, 6.07) is 9.86. The van der Waals surface area contributed by atoms with Gasteiger partial charge in [-0.05, 0) is 11.5 Å². The molecule has 5 atom stereocenters. The first-order chi connectivity index (χ1) is 10.5. The molecule has 0 aromatic heterocycles. The quantitative estimate of drug-likeness (QED) is 0.875. The maximum absolute atomic E-state index is 11.5. The van der Waals surface area contributed by atoms with Crippen molar-refractivity contribution in [2.24, 2.45) is 17.8 Å². The van der Waals surface area contributed by atoms with Crippen LogP contribution in [0.1, 0.15) is 19.4 Å². The molecule has 1 saturated heterocycles. The second-order valence-electron chi connectivity index (χ2n) is 5.86. The number of carboxylic acid groups (broad SMARTS) is 1. The van der Waals surface area contributed by atoms with Crippen molar-refractivity contribution in [3.63, 3.8) is 0 Å². The van der Waals surface area contributed by atoms with Crippen LogP contribution in [0.2, 0.25) is 0 Å². The number of hydrogen-bond donors (Lipinski definition) is 1. The van der Waals surface area contributed by atoms with Crippen LogP contribution in [0, 0.1) is 17.8 Å². The standard InChI is InChI=1S/C17H24O5/c1-11-14(10-21-9-13-7-5-4-6-8-13)22-17(20-3)12(2)15(11)16(18)19/h4-8,11-12,14-15,17H,9-10H2,1-3H3,(H,18,19)/t11-,12?,14?,15-,17-/m0/s1. The van der Waals surface area contributed by atoms with Gasteiger partial charge in [-0.2, -0.15) is 0 Å². The molecule has 2 rings (SSSR count). The zero-order valence-corrected chi connectivity index (χ0v) is 13.3. The number of hydrogen-bond acceptors (Lipinski definition) is 4. The molecule has 22 heavy (non-hydrogen) atoms. The van der Waals surface area contributed by atoms with Gasteiger partial charge in [-0.25, -0.2) is 0 Å². The van der Waals surface area contributed by atoms with Crippen LogP contribution < -0.4 is 0 Å². The molecule has 1 aliphatic heterocycles. The third-order valence-electron chi connectivity index (χ3n) is 4.37. The summed E-state index contributed by atoms with van der Waals surface area (Å²) in [5, 5.41) is 9.46. The van der Waals surface area contributed by atoms with Gasteiger partial charge in [0.25, 0.3) is 0 Å². The van der Waals surface area contributed by atoms with Crippen molar-refractivity contribution in [3.8, 4) is 0 Å². The fourth-order valence-corrected chi connectivity index (χ4v) is 3.08. The highest BCUT2D eigenvalue weighted by Crippen LogP contribution is 2.36. The van der Waals surface area contributed by atoms with E-state index in [1.165, 1.54) is 7.11 Å². The highest BCUT2D eigenvalue weighted by molar-refractivity contribution is 5.71. The van der Waals surface area contributed by atoms with Crippen molar-refractivity contribution >= 4 is 5.97 Å². The summed E-state index contributed by atoms with van der Waals surface area (Å²) in [4.78, 5) is 11.5. The Morgan fingerprint density at radius 2 is 1.91 bits per heavy atom. The molecule has 122 valence electrons. The second-order valence-corrected chi connectivity index (χ2v) is 5.86. The zero-order valence-electron chi connectivity index (χ0n) is 13.3. The van der Waals surface area contributed by atoms with Crippen LogP contribution in [-0.2, 0) is 25.6 Å². The average Bonchev–Trinajstić information content (AvgIpc) is 2.50. The van der Waals surface area contributed by atoms with Crippen molar-refractivity contribution < 1.29 is 24.1 Å². The maximum Gasteiger partial charge on any atom is 0.307 e. The molecule has 0 aliphatic carbocycles. The molecule has 0 saturated carbocycles. The van der Waals surface area contributed by atoms with Crippen LogP contribution >= 0.6 is 0 Å². The largest absolute Gasteiger partial charge is 0.481 e. The van der Waals surface area contributed by atoms with Crippen LogP contribution in [0.4, 0.5) is 0 Å². The van der Waals surface area contributed by atoms with Gasteiger partial charge in [-0.3, -0.25) is 4.79 Å². The molecule has 0 amide bonds. The van der Waals surface area contributed by atoms with E-state index in [0.29, 0.717) is 13.2 Å². The number of benzene rings is 1. The molecular weight excluding hydrogens is 284 g/mol. The van der Waals surface area contributed by atoms with E-state index in [1.54, 1.807) is 0 Å². The molecule has 1 aromatic carbocycles. The lowest BCUT2D eigenvalue weighted by atomic mass is 9.78. The maximum atomic E-state index is 11.5. The minimum absolute atomic E-state index is 0.130. The molecule has 1 fully saturated rings. The Morgan fingerprint density at radius 1 is 1.23 bits per heavy atom. The third kappa shape index (κ3) is 3.85. The summed E-state index contributed by atoms with van der Waals surface area (Å²) in [5.74, 6) is -1.63. The molecule has 1 heterocycles. The lowest BCUT2D eigenvalue weighted by Gasteiger charge is -2.42. The lowest BCUT2D eigenvalue weighted by molar-refractivity contribution is -0.251. The Balaban J connectivity index is 1.95. The minimum Gasteiger partial charge on any atom is -0.481 e. The predicted molar refractivity (Wildman–Crippen MR) is 81.2 cm³/mol. The smallest absolute Gasteiger partial charge is 0.307 e. The molecule has 0 spiro atoms. The van der Waals surface area contributed by atoms with Gasteiger partial charge in [0.1, 0.15) is 0 Å². The number of methoxy groups -OCH3 is 1. The van der Waals surface area contributed by atoms with E-state index in [4.69, 9.17) is 14.2 Å². The van der Waals surface area contributed by atoms with Gasteiger partial charge in [-0.15, -0.1) is 0 Å². The Labute approximate surface area is 131 Å². The van der Waals surface area contributed by atoms with E-state index in [0.717, 1.165) is 5.56 Å². The molecular formula is C17H24O5. The minimum atomic E-state index is -0.807. The van der Waals surface area contributed by atoms with E-state index < -0.39 is 18.2 Å². The molecule has 0 bridgehead atoms. The molecule has 1 aromatic rings. The molecule has 5 heteroatoms. The molecule has 0 radical (unpaired) electrons. The zero-order chi connectivity index (χ0) is 16.1. The summed E-state index contributed by atoms with van der Waals surface area (Å²) in [5.41, 5.74) is 1.08. The summed E-state index contributed by atoms with van der Waals surface area (Å²) >= 11 is 0. The topological polar surface area (TPSA) is 65.0 Å². The van der Waals surface area contributed by atoms with E-state index in [9.17, 15) is 9.90 Å². The van der Waals surface area contributed by atoms with Gasteiger partial charge < -0.3 is 19.3 Å². The summed E-state index contributed by atoms with van der Waals surface area (Å²) < 4.78 is 16.9. The Morgan fingerprint density at radius 3 is 2.50 bits per heavy atom. The lowest BCUT2D eigenvalue weighted by Crippen LogP contribution is -2.50. The van der Waals surface area contributed by atoms with Crippen molar-refractivity contribution in [2.45, 2.75) is 32.8 Å². The van der Waals surface area contributed by atoms with Crippen LogP contribution in [0.15, 0.2) is 30.3 Å². The number of aliphatic carboxylic acids is 1. The van der Waals surface area contributed by atoms with Gasteiger partial charge in [-0.1, -0.05) is 44.2 Å². The van der Waals surface area contributed by atoms with Gasteiger partial charge in [0.2, 0.25) is 0 Å². The number of ether oxygens (including phenoxy) is 3. The SMILES string of the molecule is CO[C@H]1OC(COCc2ccccc2)[C@H](C)[C@H](C(=O)O)C1C. The second kappa shape index (κ2) is 7.72. The van der Waals surface area contributed by atoms with Crippen LogP contribution in [0.25, 0.3) is 0 Å². The van der Waals surface area contributed by atoms with Crippen molar-refractivity contribution in [1.29, 1.82) is 0 Å². The van der Waals surface area contributed by atoms with Gasteiger partial charge >= 0.3 is 5.97 Å². The van der Waals surface area contributed by atoms with E-state index in [1.807, 2.05) is 44.2 Å². The highest BCUT2D eigenvalue weighted by atomic mass is 16.7. The van der Waals surface area contributed by atoms with Crippen LogP contribution in [-0.4, -0.2) is 37.2 Å². The molecule has 2 unspecified atom stereocenters. The summed E-state index contributed by atoms with van der Waals surface area (Å²) in [7, 11) is 1.54. The highest BCUT2D eigenvalue weighted by Gasteiger charge is 2.45. The van der Waals surface area contributed by atoms with Gasteiger partial charge in [0.15, 0.2) is 6.29 Å². The number of rotatable bonds is 6. The molecule has 1 aliphatic rings. The first-order valence-corrected chi connectivity index (χ1v) is 7.57.